The van der Waals surface area contributed by atoms with E-state index in [0.717, 1.165) is 18.4 Å². The maximum Gasteiger partial charge on any atom is 0.371 e. The Bertz CT molecular complexity index is 941. The number of rotatable bonds is 5. The molecule has 3 N–H and O–H groups in total. The molecule has 10 nitrogen and oxygen atoms in total. The molecule has 1 heterocycles. The van der Waals surface area contributed by atoms with Gasteiger partial charge in [-0.05, 0) is 43.5 Å². The molecule has 0 spiro atoms. The van der Waals surface area contributed by atoms with Gasteiger partial charge in [0.25, 0.3) is 5.69 Å². The number of furan rings is 1. The summed E-state index contributed by atoms with van der Waals surface area (Å²) in [5, 5.41) is 37.1. The predicted octanol–water partition coefficient (Wildman–Crippen LogP) is 3.82. The highest BCUT2D eigenvalue weighted by Gasteiger charge is 2.35. The van der Waals surface area contributed by atoms with Gasteiger partial charge in [-0.15, -0.1) is 0 Å². The van der Waals surface area contributed by atoms with E-state index in [1.165, 1.54) is 24.3 Å². The number of carboxylic acids is 3. The van der Waals surface area contributed by atoms with Gasteiger partial charge < -0.3 is 19.7 Å². The van der Waals surface area contributed by atoms with Crippen LogP contribution in [0.5, 0.6) is 0 Å². The molecule has 0 aliphatic heterocycles. The number of nitrogens with zero attached hydrogens (tertiary/aromatic N) is 1. The topological polar surface area (TPSA) is 168 Å². The fraction of sp³-hybridized carbons (Fsp3) is 0.350. The third-order valence-electron chi connectivity index (χ3n) is 4.83. The van der Waals surface area contributed by atoms with Crippen LogP contribution < -0.4 is 0 Å². The van der Waals surface area contributed by atoms with E-state index in [0.29, 0.717) is 12.8 Å². The molecule has 2 aromatic rings. The highest BCUT2D eigenvalue weighted by atomic mass is 16.6. The van der Waals surface area contributed by atoms with Crippen molar-refractivity contribution in [1.82, 2.24) is 0 Å². The van der Waals surface area contributed by atoms with E-state index in [2.05, 4.69) is 0 Å². The Labute approximate surface area is 170 Å². The molecule has 1 aliphatic carbocycles. The first kappa shape index (κ1) is 22.6. The van der Waals surface area contributed by atoms with Crippen molar-refractivity contribution in [3.63, 3.8) is 0 Å². The zero-order valence-corrected chi connectivity index (χ0v) is 16.1. The first-order chi connectivity index (χ1) is 14.1. The predicted molar refractivity (Wildman–Crippen MR) is 103 cm³/mol. The van der Waals surface area contributed by atoms with Crippen molar-refractivity contribution in [2.45, 2.75) is 32.6 Å². The lowest BCUT2D eigenvalue weighted by atomic mass is 9.79. The van der Waals surface area contributed by atoms with E-state index in [9.17, 15) is 24.5 Å². The van der Waals surface area contributed by atoms with E-state index in [-0.39, 0.29) is 22.8 Å². The second kappa shape index (κ2) is 9.68. The molecule has 0 radical (unpaired) electrons. The monoisotopic (exact) mass is 419 g/mol. The van der Waals surface area contributed by atoms with Crippen molar-refractivity contribution >= 4 is 23.6 Å². The summed E-state index contributed by atoms with van der Waals surface area (Å²) >= 11 is 0. The molecule has 0 saturated heterocycles. The first-order valence-electron chi connectivity index (χ1n) is 9.16. The van der Waals surface area contributed by atoms with Crippen molar-refractivity contribution in [2.24, 2.45) is 11.8 Å². The molecular weight excluding hydrogens is 398 g/mol. The minimum absolute atomic E-state index is 0.110. The highest BCUT2D eigenvalue weighted by molar-refractivity contribution is 5.85. The summed E-state index contributed by atoms with van der Waals surface area (Å²) in [5.41, 5.74) is 0.898. The number of hydrogen-bond acceptors (Lipinski definition) is 6. The smallest absolute Gasteiger partial charge is 0.371 e. The molecule has 1 aliphatic rings. The standard InChI is InChI=1S/C12H9NO5.C8H12O4/c1-7-2-3-8(9(6-7)13(16)17)10-4-5-11(18-10)12(14)15;9-7(10)5-3-1-2-4-6(5)8(11)12/h2-6H,1H3,(H,14,15);5-6H,1-4H2,(H,9,10)(H,11,12)/t;5-,6-/m.0/s1. The van der Waals surface area contributed by atoms with E-state index < -0.39 is 34.7 Å². The summed E-state index contributed by atoms with van der Waals surface area (Å²) in [5.74, 6) is -4.58. The Morgan fingerprint density at radius 1 is 1.00 bits per heavy atom. The van der Waals surface area contributed by atoms with E-state index >= 15 is 0 Å². The van der Waals surface area contributed by atoms with Crippen LogP contribution in [-0.4, -0.2) is 38.2 Å². The number of aromatic carboxylic acids is 1. The molecule has 1 fully saturated rings. The van der Waals surface area contributed by atoms with Gasteiger partial charge in [0.2, 0.25) is 5.76 Å². The third kappa shape index (κ3) is 5.43. The normalized spacial score (nSPS) is 18.0. The Kier molecular flexibility index (Phi) is 7.29. The second-order valence-corrected chi connectivity index (χ2v) is 6.92. The fourth-order valence-electron chi connectivity index (χ4n) is 3.32. The molecule has 160 valence electrons. The summed E-state index contributed by atoms with van der Waals surface area (Å²) in [6, 6.07) is 7.32. The number of carboxylic acid groups (broad SMARTS) is 3. The Morgan fingerprint density at radius 3 is 2.00 bits per heavy atom. The molecule has 30 heavy (non-hydrogen) atoms. The molecule has 0 unspecified atom stereocenters. The van der Waals surface area contributed by atoms with Crippen molar-refractivity contribution in [2.75, 3.05) is 0 Å². The van der Waals surface area contributed by atoms with Crippen LogP contribution in [-0.2, 0) is 9.59 Å². The molecule has 2 atom stereocenters. The number of benzene rings is 1. The molecular formula is C20H21NO9. The van der Waals surface area contributed by atoms with Crippen molar-refractivity contribution in [3.8, 4) is 11.3 Å². The van der Waals surface area contributed by atoms with Crippen LogP contribution in [0, 0.1) is 28.9 Å². The first-order valence-corrected chi connectivity index (χ1v) is 9.16. The number of nitro groups is 1. The van der Waals surface area contributed by atoms with Crippen LogP contribution >= 0.6 is 0 Å². The molecule has 0 bridgehead atoms. The average molecular weight is 419 g/mol. The molecule has 1 aromatic heterocycles. The van der Waals surface area contributed by atoms with Gasteiger partial charge in [0.1, 0.15) is 5.76 Å². The van der Waals surface area contributed by atoms with Crippen LogP contribution in [0.4, 0.5) is 5.69 Å². The fourth-order valence-corrected chi connectivity index (χ4v) is 3.32. The van der Waals surface area contributed by atoms with Gasteiger partial charge >= 0.3 is 17.9 Å². The largest absolute Gasteiger partial charge is 0.481 e. The number of hydrogen-bond donors (Lipinski definition) is 3. The Balaban J connectivity index is 0.000000232. The van der Waals surface area contributed by atoms with Crippen LogP contribution in [0.2, 0.25) is 0 Å². The highest BCUT2D eigenvalue weighted by Crippen LogP contribution is 2.32. The molecule has 1 aromatic carbocycles. The average Bonchev–Trinajstić information content (AvgIpc) is 3.18. The zero-order valence-electron chi connectivity index (χ0n) is 16.1. The Hall–Kier alpha value is -3.69. The molecule has 0 amide bonds. The minimum Gasteiger partial charge on any atom is -0.481 e. The second-order valence-electron chi connectivity index (χ2n) is 6.92. The lowest BCUT2D eigenvalue weighted by Crippen LogP contribution is -2.32. The summed E-state index contributed by atoms with van der Waals surface area (Å²) in [7, 11) is 0. The van der Waals surface area contributed by atoms with E-state index in [1.807, 2.05) is 0 Å². The molecule has 1 saturated carbocycles. The van der Waals surface area contributed by atoms with Gasteiger partial charge in [-0.3, -0.25) is 19.7 Å². The molecule has 3 rings (SSSR count). The van der Waals surface area contributed by atoms with Crippen molar-refractivity contribution < 1.29 is 39.0 Å². The third-order valence-corrected chi connectivity index (χ3v) is 4.83. The quantitative estimate of drug-likeness (QED) is 0.481. The number of aryl methyl sites for hydroxylation is 1. The number of aliphatic carboxylic acids is 2. The Morgan fingerprint density at radius 2 is 1.57 bits per heavy atom. The summed E-state index contributed by atoms with van der Waals surface area (Å²) < 4.78 is 5.06. The number of carbonyl (C=O) groups is 3. The van der Waals surface area contributed by atoms with Gasteiger partial charge in [-0.1, -0.05) is 18.9 Å². The van der Waals surface area contributed by atoms with Gasteiger partial charge in [0, 0.05) is 6.07 Å². The zero-order chi connectivity index (χ0) is 22.4. The number of nitro benzene ring substituents is 1. The lowest BCUT2D eigenvalue weighted by Gasteiger charge is -2.24. The van der Waals surface area contributed by atoms with Crippen molar-refractivity contribution in [3.05, 3.63) is 51.8 Å². The van der Waals surface area contributed by atoms with Crippen LogP contribution in [0.3, 0.4) is 0 Å². The van der Waals surface area contributed by atoms with E-state index in [1.54, 1.807) is 13.0 Å². The summed E-state index contributed by atoms with van der Waals surface area (Å²) in [6.07, 6.45) is 2.68. The minimum atomic E-state index is -1.21. The van der Waals surface area contributed by atoms with Gasteiger partial charge in [0.05, 0.1) is 22.3 Å². The summed E-state index contributed by atoms with van der Waals surface area (Å²) in [4.78, 5) is 42.3. The van der Waals surface area contributed by atoms with Crippen LogP contribution in [0.15, 0.2) is 34.7 Å². The van der Waals surface area contributed by atoms with Crippen molar-refractivity contribution in [1.29, 1.82) is 0 Å². The SMILES string of the molecule is Cc1ccc(-c2ccc(C(=O)O)o2)c([N+](=O)[O-])c1.O=C(O)[C@H]1CCCC[C@@H]1C(=O)O. The van der Waals surface area contributed by atoms with Gasteiger partial charge in [-0.2, -0.15) is 0 Å². The van der Waals surface area contributed by atoms with E-state index in [4.69, 9.17) is 19.7 Å². The van der Waals surface area contributed by atoms with Gasteiger partial charge in [-0.25, -0.2) is 4.79 Å². The lowest BCUT2D eigenvalue weighted by molar-refractivity contribution is -0.384. The van der Waals surface area contributed by atoms with Gasteiger partial charge in [0.15, 0.2) is 0 Å². The maximum absolute atomic E-state index is 10.9. The van der Waals surface area contributed by atoms with Crippen LogP contribution in [0.1, 0.15) is 41.8 Å². The summed E-state index contributed by atoms with van der Waals surface area (Å²) in [6.45, 7) is 1.74. The molecule has 10 heteroatoms. The van der Waals surface area contributed by atoms with Crippen LogP contribution in [0.25, 0.3) is 11.3 Å². The maximum atomic E-state index is 10.9.